The predicted molar refractivity (Wildman–Crippen MR) is 102 cm³/mol. The largest absolute Gasteiger partial charge is 0.324 e. The van der Waals surface area contributed by atoms with E-state index in [1.54, 1.807) is 26.1 Å². The van der Waals surface area contributed by atoms with Crippen LogP contribution in [0.3, 0.4) is 0 Å². The van der Waals surface area contributed by atoms with Crippen LogP contribution in [0.4, 0.5) is 5.69 Å². The van der Waals surface area contributed by atoms with Gasteiger partial charge in [-0.3, -0.25) is 9.59 Å². The molecular formula is C19H23BrN2O2. The summed E-state index contributed by atoms with van der Waals surface area (Å²) in [5, 5.41) is 3.03. The van der Waals surface area contributed by atoms with Crippen molar-refractivity contribution in [1.29, 1.82) is 0 Å². The number of nitrogens with zero attached hydrogens (tertiary/aromatic N) is 1. The van der Waals surface area contributed by atoms with E-state index in [9.17, 15) is 9.59 Å². The number of hydrogen-bond donors (Lipinski definition) is 1. The normalized spacial score (nSPS) is 12.0. The van der Waals surface area contributed by atoms with Gasteiger partial charge in [0.05, 0.1) is 0 Å². The van der Waals surface area contributed by atoms with Gasteiger partial charge < -0.3 is 9.88 Å². The first-order valence-corrected chi connectivity index (χ1v) is 8.98. The van der Waals surface area contributed by atoms with Crippen molar-refractivity contribution in [3.63, 3.8) is 0 Å². The Balaban J connectivity index is 2.36. The van der Waals surface area contributed by atoms with Gasteiger partial charge in [0, 0.05) is 21.9 Å². The number of carbonyl (C=O) groups is 1. The molecule has 1 amide bonds. The summed E-state index contributed by atoms with van der Waals surface area (Å²) in [5.41, 5.74) is 3.53. The minimum atomic E-state index is -0.594. The van der Waals surface area contributed by atoms with E-state index >= 15 is 0 Å². The molecule has 5 heteroatoms. The Labute approximate surface area is 151 Å². The van der Waals surface area contributed by atoms with E-state index in [-0.39, 0.29) is 11.5 Å². The lowest BCUT2D eigenvalue weighted by atomic mass is 10.0. The zero-order chi connectivity index (χ0) is 17.9. The third-order valence-corrected chi connectivity index (χ3v) is 4.67. The number of aromatic nitrogens is 1. The Kier molecular flexibility index (Phi) is 5.99. The lowest BCUT2D eigenvalue weighted by Crippen LogP contribution is -2.32. The van der Waals surface area contributed by atoms with E-state index in [0.717, 1.165) is 34.1 Å². The summed E-state index contributed by atoms with van der Waals surface area (Å²) < 4.78 is 2.25. The van der Waals surface area contributed by atoms with Gasteiger partial charge in [-0.05, 0) is 59.8 Å². The second kappa shape index (κ2) is 7.79. The molecule has 1 heterocycles. The molecule has 0 radical (unpaired) electrons. The Hall–Kier alpha value is -1.88. The summed E-state index contributed by atoms with van der Waals surface area (Å²) >= 11 is 3.39. The topological polar surface area (TPSA) is 51.1 Å². The molecule has 2 rings (SSSR count). The van der Waals surface area contributed by atoms with Gasteiger partial charge in [0.15, 0.2) is 0 Å². The molecular weight excluding hydrogens is 368 g/mol. The van der Waals surface area contributed by atoms with Crippen LogP contribution in [0.1, 0.15) is 43.5 Å². The zero-order valence-electron chi connectivity index (χ0n) is 14.5. The van der Waals surface area contributed by atoms with Crippen LogP contribution in [0.2, 0.25) is 0 Å². The van der Waals surface area contributed by atoms with Gasteiger partial charge in [0.1, 0.15) is 6.04 Å². The second-order valence-electron chi connectivity index (χ2n) is 5.88. The predicted octanol–water partition coefficient (Wildman–Crippen LogP) is 4.24. The molecule has 1 atom stereocenters. The van der Waals surface area contributed by atoms with Gasteiger partial charge in [-0.1, -0.05) is 32.0 Å². The molecule has 0 aliphatic heterocycles. The van der Waals surface area contributed by atoms with E-state index in [2.05, 4.69) is 35.1 Å². The Bertz CT molecular complexity index is 789. The number of amides is 1. The SMILES string of the molecule is CCc1cccc(CC)c1NC(=O)C(C)n1cc(Br)cc(C)c1=O. The smallest absolute Gasteiger partial charge is 0.254 e. The summed E-state index contributed by atoms with van der Waals surface area (Å²) in [6.45, 7) is 7.62. The lowest BCUT2D eigenvalue weighted by Gasteiger charge is -2.19. The minimum absolute atomic E-state index is 0.152. The summed E-state index contributed by atoms with van der Waals surface area (Å²) in [6.07, 6.45) is 3.34. The van der Waals surface area contributed by atoms with Crippen molar-refractivity contribution in [3.8, 4) is 0 Å². The number of anilines is 1. The number of carbonyl (C=O) groups excluding carboxylic acids is 1. The molecule has 1 N–H and O–H groups in total. The highest BCUT2D eigenvalue weighted by Gasteiger charge is 2.19. The summed E-state index contributed by atoms with van der Waals surface area (Å²) in [4.78, 5) is 25.1. The van der Waals surface area contributed by atoms with E-state index in [4.69, 9.17) is 0 Å². The fourth-order valence-electron chi connectivity index (χ4n) is 2.75. The van der Waals surface area contributed by atoms with Crippen molar-refractivity contribution < 1.29 is 4.79 Å². The van der Waals surface area contributed by atoms with Crippen LogP contribution >= 0.6 is 15.9 Å². The number of halogens is 1. The number of nitrogens with one attached hydrogen (secondary N) is 1. The molecule has 1 unspecified atom stereocenters. The van der Waals surface area contributed by atoms with Crippen molar-refractivity contribution in [3.05, 3.63) is 62.0 Å². The Morgan fingerprint density at radius 2 is 1.83 bits per heavy atom. The first kappa shape index (κ1) is 18.5. The molecule has 24 heavy (non-hydrogen) atoms. The van der Waals surface area contributed by atoms with Crippen LogP contribution in [0.5, 0.6) is 0 Å². The van der Waals surface area contributed by atoms with Crippen molar-refractivity contribution in [2.75, 3.05) is 5.32 Å². The number of hydrogen-bond acceptors (Lipinski definition) is 2. The van der Waals surface area contributed by atoms with E-state index in [1.165, 1.54) is 4.57 Å². The number of aryl methyl sites for hydroxylation is 3. The molecule has 1 aromatic heterocycles. The number of benzene rings is 1. The number of para-hydroxylation sites is 1. The highest BCUT2D eigenvalue weighted by atomic mass is 79.9. The third kappa shape index (κ3) is 3.78. The average Bonchev–Trinajstić information content (AvgIpc) is 2.57. The summed E-state index contributed by atoms with van der Waals surface area (Å²) in [7, 11) is 0. The van der Waals surface area contributed by atoms with Crippen molar-refractivity contribution in [1.82, 2.24) is 4.57 Å². The van der Waals surface area contributed by atoms with Crippen molar-refractivity contribution in [2.24, 2.45) is 0 Å². The van der Waals surface area contributed by atoms with Crippen LogP contribution in [0.15, 0.2) is 39.7 Å². The molecule has 128 valence electrons. The van der Waals surface area contributed by atoms with Gasteiger partial charge in [0.25, 0.3) is 5.56 Å². The van der Waals surface area contributed by atoms with Crippen LogP contribution < -0.4 is 10.9 Å². The number of rotatable bonds is 5. The van der Waals surface area contributed by atoms with Crippen LogP contribution in [-0.4, -0.2) is 10.5 Å². The quantitative estimate of drug-likeness (QED) is 0.829. The maximum absolute atomic E-state index is 12.7. The molecule has 0 saturated carbocycles. The standard InChI is InChI=1S/C19H23BrN2O2/c1-5-14-8-7-9-15(6-2)17(14)21-18(23)13(4)22-11-16(20)10-12(3)19(22)24/h7-11,13H,5-6H2,1-4H3,(H,21,23). The first-order chi connectivity index (χ1) is 11.4. The number of pyridine rings is 1. The molecule has 4 nitrogen and oxygen atoms in total. The van der Waals surface area contributed by atoms with Gasteiger partial charge in [-0.25, -0.2) is 0 Å². The Morgan fingerprint density at radius 3 is 2.38 bits per heavy atom. The molecule has 0 saturated heterocycles. The average molecular weight is 391 g/mol. The lowest BCUT2D eigenvalue weighted by molar-refractivity contribution is -0.118. The molecule has 0 aliphatic carbocycles. The maximum atomic E-state index is 12.7. The molecule has 1 aromatic carbocycles. The first-order valence-electron chi connectivity index (χ1n) is 8.18. The van der Waals surface area contributed by atoms with Gasteiger partial charge >= 0.3 is 0 Å². The zero-order valence-corrected chi connectivity index (χ0v) is 16.1. The monoisotopic (exact) mass is 390 g/mol. The molecule has 2 aromatic rings. The Morgan fingerprint density at radius 1 is 1.25 bits per heavy atom. The second-order valence-corrected chi connectivity index (χ2v) is 6.79. The maximum Gasteiger partial charge on any atom is 0.254 e. The highest BCUT2D eigenvalue weighted by Crippen LogP contribution is 2.24. The van der Waals surface area contributed by atoms with E-state index < -0.39 is 6.04 Å². The fraction of sp³-hybridized carbons (Fsp3) is 0.368. The van der Waals surface area contributed by atoms with E-state index in [0.29, 0.717) is 5.56 Å². The van der Waals surface area contributed by atoms with Gasteiger partial charge in [0.2, 0.25) is 5.91 Å². The van der Waals surface area contributed by atoms with E-state index in [1.807, 2.05) is 18.2 Å². The van der Waals surface area contributed by atoms with Crippen LogP contribution in [0.25, 0.3) is 0 Å². The fourth-order valence-corrected chi connectivity index (χ4v) is 3.31. The highest BCUT2D eigenvalue weighted by molar-refractivity contribution is 9.10. The van der Waals surface area contributed by atoms with Crippen molar-refractivity contribution >= 4 is 27.5 Å². The molecule has 0 fully saturated rings. The van der Waals surface area contributed by atoms with Crippen LogP contribution in [0, 0.1) is 6.92 Å². The molecule has 0 spiro atoms. The molecule has 0 bridgehead atoms. The van der Waals surface area contributed by atoms with Gasteiger partial charge in [-0.15, -0.1) is 0 Å². The summed E-state index contributed by atoms with van der Waals surface area (Å²) in [6, 6.07) is 7.22. The molecule has 0 aliphatic rings. The van der Waals surface area contributed by atoms with Gasteiger partial charge in [-0.2, -0.15) is 0 Å². The van der Waals surface area contributed by atoms with Crippen molar-refractivity contribution in [2.45, 2.75) is 46.6 Å². The van der Waals surface area contributed by atoms with Crippen LogP contribution in [-0.2, 0) is 17.6 Å². The minimum Gasteiger partial charge on any atom is -0.324 e. The summed E-state index contributed by atoms with van der Waals surface area (Å²) in [5.74, 6) is -0.190. The third-order valence-electron chi connectivity index (χ3n) is 4.23.